The fraction of sp³-hybridized carbons (Fsp3) is 0.385. The largest absolute Gasteiger partial charge is 0.483 e. The van der Waals surface area contributed by atoms with Crippen molar-refractivity contribution in [2.45, 2.75) is 6.04 Å². The van der Waals surface area contributed by atoms with E-state index in [0.717, 1.165) is 4.47 Å². The number of halogens is 2. The lowest BCUT2D eigenvalue weighted by molar-refractivity contribution is -0.159. The van der Waals surface area contributed by atoms with Crippen LogP contribution in [0, 0.1) is 0 Å². The van der Waals surface area contributed by atoms with E-state index in [1.54, 1.807) is 18.2 Å². The monoisotopic (exact) mass is 421 g/mol. The zero-order valence-corrected chi connectivity index (χ0v) is 14.1. The van der Waals surface area contributed by atoms with Crippen molar-refractivity contribution in [3.8, 4) is 5.75 Å². The van der Waals surface area contributed by atoms with E-state index in [1.165, 1.54) is 4.90 Å². The molecule has 1 fully saturated rings. The van der Waals surface area contributed by atoms with Crippen LogP contribution in [0.4, 0.5) is 0 Å². The molecule has 1 unspecified atom stereocenters. The summed E-state index contributed by atoms with van der Waals surface area (Å²) in [6, 6.07) is 4.35. The molecule has 1 heterocycles. The second-order valence-corrected chi connectivity index (χ2v) is 6.15. The Labute approximate surface area is 138 Å². The highest BCUT2D eigenvalue weighted by atomic mass is 79.9. The van der Waals surface area contributed by atoms with Gasteiger partial charge in [-0.15, -0.1) is 0 Å². The first-order chi connectivity index (χ1) is 9.99. The first kappa shape index (κ1) is 16.3. The van der Waals surface area contributed by atoms with Gasteiger partial charge in [0.1, 0.15) is 5.75 Å². The van der Waals surface area contributed by atoms with Gasteiger partial charge in [-0.1, -0.05) is 15.9 Å². The summed E-state index contributed by atoms with van der Waals surface area (Å²) in [5.74, 6) is -0.930. The van der Waals surface area contributed by atoms with E-state index in [2.05, 4.69) is 31.9 Å². The van der Waals surface area contributed by atoms with E-state index in [4.69, 9.17) is 14.6 Å². The number of hydrogen-bond acceptors (Lipinski definition) is 4. The fourth-order valence-corrected chi connectivity index (χ4v) is 3.08. The maximum absolute atomic E-state index is 12.1. The van der Waals surface area contributed by atoms with Crippen LogP contribution >= 0.6 is 31.9 Å². The molecule has 1 aromatic carbocycles. The number of carboxylic acid groups (broad SMARTS) is 1. The number of morpholine rings is 1. The highest BCUT2D eigenvalue weighted by Crippen LogP contribution is 2.28. The van der Waals surface area contributed by atoms with Crippen LogP contribution in [0.3, 0.4) is 0 Å². The second kappa shape index (κ2) is 7.24. The smallest absolute Gasteiger partial charge is 0.328 e. The molecule has 1 saturated heterocycles. The van der Waals surface area contributed by atoms with Crippen LogP contribution in [0.25, 0.3) is 0 Å². The van der Waals surface area contributed by atoms with Crippen molar-refractivity contribution in [1.82, 2.24) is 4.90 Å². The van der Waals surface area contributed by atoms with Crippen LogP contribution in [0.1, 0.15) is 0 Å². The van der Waals surface area contributed by atoms with Gasteiger partial charge in [-0.3, -0.25) is 4.79 Å². The van der Waals surface area contributed by atoms with E-state index in [9.17, 15) is 9.59 Å². The number of nitrogens with zero attached hydrogens (tertiary/aromatic N) is 1. The number of amides is 1. The first-order valence-electron chi connectivity index (χ1n) is 6.17. The number of rotatable bonds is 4. The van der Waals surface area contributed by atoms with Gasteiger partial charge >= 0.3 is 5.97 Å². The Hall–Kier alpha value is -1.12. The molecule has 114 valence electrons. The second-order valence-electron chi connectivity index (χ2n) is 4.38. The summed E-state index contributed by atoms with van der Waals surface area (Å²) in [7, 11) is 0. The van der Waals surface area contributed by atoms with Crippen molar-refractivity contribution in [3.63, 3.8) is 0 Å². The summed E-state index contributed by atoms with van der Waals surface area (Å²) in [4.78, 5) is 24.5. The zero-order chi connectivity index (χ0) is 15.4. The van der Waals surface area contributed by atoms with Crippen molar-refractivity contribution >= 4 is 43.7 Å². The summed E-state index contributed by atoms with van der Waals surface area (Å²) >= 11 is 6.66. The predicted molar refractivity (Wildman–Crippen MR) is 81.3 cm³/mol. The number of carboxylic acids is 1. The normalized spacial score (nSPS) is 18.4. The lowest BCUT2D eigenvalue weighted by Crippen LogP contribution is -2.53. The highest BCUT2D eigenvalue weighted by molar-refractivity contribution is 9.11. The molecular formula is C13H13Br2NO5. The number of carbonyl (C=O) groups is 2. The number of aliphatic carboxylic acids is 1. The Morgan fingerprint density at radius 2 is 2.19 bits per heavy atom. The van der Waals surface area contributed by atoms with Crippen LogP contribution in [0.5, 0.6) is 5.75 Å². The van der Waals surface area contributed by atoms with Crippen molar-refractivity contribution in [3.05, 3.63) is 27.1 Å². The molecule has 21 heavy (non-hydrogen) atoms. The van der Waals surface area contributed by atoms with Gasteiger partial charge in [0.05, 0.1) is 17.7 Å². The van der Waals surface area contributed by atoms with Crippen molar-refractivity contribution in [2.24, 2.45) is 0 Å². The molecule has 1 aliphatic rings. The highest BCUT2D eigenvalue weighted by Gasteiger charge is 2.32. The maximum atomic E-state index is 12.1. The molecule has 1 aliphatic heterocycles. The van der Waals surface area contributed by atoms with Gasteiger partial charge < -0.3 is 19.5 Å². The Bertz CT molecular complexity index is 551. The standard InChI is InChI=1S/C13H13Br2NO5/c14-8-1-2-11(9(15)5-8)21-7-12(17)16-3-4-20-6-10(16)13(18)19/h1-2,5,10H,3-4,6-7H2,(H,18,19). The summed E-state index contributed by atoms with van der Waals surface area (Å²) in [5, 5.41) is 9.09. The topological polar surface area (TPSA) is 76.1 Å². The molecule has 1 amide bonds. The molecule has 8 heteroatoms. The summed E-state index contributed by atoms with van der Waals surface area (Å²) < 4.78 is 12.1. The third kappa shape index (κ3) is 4.18. The summed E-state index contributed by atoms with van der Waals surface area (Å²) in [6.45, 7) is 0.366. The molecule has 6 nitrogen and oxygen atoms in total. The molecular weight excluding hydrogens is 410 g/mol. The van der Waals surface area contributed by atoms with Crippen LogP contribution < -0.4 is 4.74 Å². The molecule has 0 bridgehead atoms. The minimum Gasteiger partial charge on any atom is -0.483 e. The van der Waals surface area contributed by atoms with Crippen molar-refractivity contribution in [1.29, 1.82) is 0 Å². The number of benzene rings is 1. The van der Waals surface area contributed by atoms with Gasteiger partial charge in [0.2, 0.25) is 0 Å². The number of carbonyl (C=O) groups excluding carboxylic acids is 1. The lowest BCUT2D eigenvalue weighted by atomic mass is 10.2. The number of hydrogen-bond donors (Lipinski definition) is 1. The molecule has 0 saturated carbocycles. The van der Waals surface area contributed by atoms with Gasteiger partial charge in [0.25, 0.3) is 5.91 Å². The molecule has 0 aliphatic carbocycles. The Morgan fingerprint density at radius 1 is 1.43 bits per heavy atom. The van der Waals surface area contributed by atoms with Crippen LogP contribution in [0.2, 0.25) is 0 Å². The molecule has 0 radical (unpaired) electrons. The van der Waals surface area contributed by atoms with Gasteiger partial charge in [0.15, 0.2) is 12.6 Å². The van der Waals surface area contributed by atoms with Crippen LogP contribution in [0.15, 0.2) is 27.1 Å². The third-order valence-electron chi connectivity index (χ3n) is 2.98. The molecule has 2 rings (SSSR count). The molecule has 1 aromatic rings. The van der Waals surface area contributed by atoms with Crippen LogP contribution in [-0.4, -0.2) is 54.3 Å². The predicted octanol–water partition coefficient (Wildman–Crippen LogP) is 1.90. The average Bonchev–Trinajstić information content (AvgIpc) is 2.46. The minimum absolute atomic E-state index is 0.00303. The fourth-order valence-electron chi connectivity index (χ4n) is 1.92. The van der Waals surface area contributed by atoms with E-state index in [-0.39, 0.29) is 25.7 Å². The Balaban J connectivity index is 1.98. The van der Waals surface area contributed by atoms with Crippen molar-refractivity contribution < 1.29 is 24.2 Å². The molecule has 0 aromatic heterocycles. The lowest BCUT2D eigenvalue weighted by Gasteiger charge is -2.32. The van der Waals surface area contributed by atoms with Gasteiger partial charge in [-0.25, -0.2) is 4.79 Å². The Kier molecular flexibility index (Phi) is 5.60. The average molecular weight is 423 g/mol. The number of ether oxygens (including phenoxy) is 2. The maximum Gasteiger partial charge on any atom is 0.328 e. The van der Waals surface area contributed by atoms with Crippen molar-refractivity contribution in [2.75, 3.05) is 26.4 Å². The first-order valence-corrected chi connectivity index (χ1v) is 7.75. The molecule has 0 spiro atoms. The van der Waals surface area contributed by atoms with E-state index in [1.807, 2.05) is 0 Å². The Morgan fingerprint density at radius 3 is 2.86 bits per heavy atom. The van der Waals surface area contributed by atoms with Gasteiger partial charge in [-0.05, 0) is 34.1 Å². The molecule has 1 atom stereocenters. The summed E-state index contributed by atoms with van der Waals surface area (Å²) in [5.41, 5.74) is 0. The minimum atomic E-state index is -1.08. The quantitative estimate of drug-likeness (QED) is 0.801. The van der Waals surface area contributed by atoms with Gasteiger partial charge in [-0.2, -0.15) is 0 Å². The van der Waals surface area contributed by atoms with E-state index in [0.29, 0.717) is 16.8 Å². The third-order valence-corrected chi connectivity index (χ3v) is 4.09. The molecule has 1 N–H and O–H groups in total. The SMILES string of the molecule is O=C(O)C1COCCN1C(=O)COc1ccc(Br)cc1Br. The zero-order valence-electron chi connectivity index (χ0n) is 10.9. The van der Waals surface area contributed by atoms with E-state index < -0.39 is 12.0 Å². The van der Waals surface area contributed by atoms with Crippen LogP contribution in [-0.2, 0) is 14.3 Å². The van der Waals surface area contributed by atoms with E-state index >= 15 is 0 Å². The van der Waals surface area contributed by atoms with Gasteiger partial charge in [0, 0.05) is 11.0 Å². The summed E-state index contributed by atoms with van der Waals surface area (Å²) in [6.07, 6.45) is 0.